The number of ether oxygens (including phenoxy) is 5. The van der Waals surface area contributed by atoms with E-state index in [1.807, 2.05) is 26.8 Å². The Hall–Kier alpha value is -5.67. The number of rotatable bonds is 21. The largest absolute Gasteiger partial charge is 0.495 e. The van der Waals surface area contributed by atoms with Crippen molar-refractivity contribution in [2.75, 3.05) is 38.0 Å². The molecule has 422 valence electrons. The molecule has 2 aromatic carbocycles. The van der Waals surface area contributed by atoms with Gasteiger partial charge >= 0.3 is 18.1 Å². The molecular weight excluding hydrogens is 1080 g/mol. The first-order valence-corrected chi connectivity index (χ1v) is 27.2. The molecule has 2 fully saturated rings. The maximum Gasteiger partial charge on any atom is 0.412 e. The van der Waals surface area contributed by atoms with Crippen LogP contribution in [0.3, 0.4) is 0 Å². The molecule has 0 unspecified atom stereocenters. The van der Waals surface area contributed by atoms with Gasteiger partial charge in [0.15, 0.2) is 5.78 Å². The molecule has 0 spiro atoms. The number of hydrogen-bond donors (Lipinski definition) is 5. The SMILES string of the molecule is COc1cc2cc(c1Cl)N(C)C(=O)C[C@H](OC(=O)Nc1ccc(CC(=O)[C@H](CCCNC(N)=O)NC(=O)[C@@H](CC(=O)CCCCC(C)=O)C(C)C)cc1Br)[C@]1(C)O[C@H]1[C@H](C)[C@@H]1C[C@@](O)(CC(=O)O1)[C@H](OC)/C=C/C=C(\C)C2. The lowest BCUT2D eigenvalue weighted by molar-refractivity contribution is -0.187. The van der Waals surface area contributed by atoms with Crippen LogP contribution >= 0.6 is 27.5 Å². The van der Waals surface area contributed by atoms with E-state index in [0.717, 1.165) is 11.1 Å². The van der Waals surface area contributed by atoms with Crippen molar-refractivity contribution >= 4 is 86.2 Å². The lowest BCUT2D eigenvalue weighted by Crippen LogP contribution is -2.53. The fraction of sp³-hybridized carbons (Fsp3) is 0.571. The Balaban J connectivity index is 1.37. The molecule has 9 atom stereocenters. The number of esters is 1. The number of carbonyl (C=O) groups is 8. The zero-order valence-electron chi connectivity index (χ0n) is 45.5. The molecule has 6 N–H and O–H groups in total. The van der Waals surface area contributed by atoms with E-state index in [1.165, 1.54) is 26.0 Å². The van der Waals surface area contributed by atoms with E-state index in [4.69, 9.17) is 41.0 Å². The van der Waals surface area contributed by atoms with E-state index in [9.17, 15) is 43.5 Å². The van der Waals surface area contributed by atoms with E-state index < -0.39 is 83.4 Å². The van der Waals surface area contributed by atoms with Gasteiger partial charge in [0.1, 0.15) is 51.9 Å². The second-order valence-corrected chi connectivity index (χ2v) is 22.3. The molecule has 3 aliphatic rings. The first-order chi connectivity index (χ1) is 36.3. The van der Waals surface area contributed by atoms with Crippen molar-refractivity contribution in [3.63, 3.8) is 0 Å². The number of halogens is 2. The van der Waals surface area contributed by atoms with E-state index in [2.05, 4.69) is 31.9 Å². The van der Waals surface area contributed by atoms with E-state index in [-0.39, 0.29) is 85.5 Å². The summed E-state index contributed by atoms with van der Waals surface area (Å²) in [6, 6.07) is 6.63. The van der Waals surface area contributed by atoms with E-state index >= 15 is 0 Å². The van der Waals surface area contributed by atoms with Gasteiger partial charge in [0.2, 0.25) is 11.8 Å². The highest BCUT2D eigenvalue weighted by atomic mass is 79.9. The zero-order chi connectivity index (χ0) is 56.9. The van der Waals surface area contributed by atoms with Crippen molar-refractivity contribution in [2.24, 2.45) is 23.5 Å². The molecule has 0 aliphatic carbocycles. The predicted octanol–water partition coefficient (Wildman–Crippen LogP) is 7.81. The summed E-state index contributed by atoms with van der Waals surface area (Å²) in [4.78, 5) is 106. The highest BCUT2D eigenvalue weighted by Crippen LogP contribution is 2.50. The molecule has 5 rings (SSSR count). The minimum atomic E-state index is -1.64. The summed E-state index contributed by atoms with van der Waals surface area (Å²) in [5.41, 5.74) is 5.12. The second kappa shape index (κ2) is 27.8. The van der Waals surface area contributed by atoms with Crippen LogP contribution < -0.4 is 31.3 Å². The van der Waals surface area contributed by atoms with Crippen LogP contribution in [-0.4, -0.2) is 122 Å². The normalized spacial score (nSPS) is 25.4. The third kappa shape index (κ3) is 17.2. The van der Waals surface area contributed by atoms with Gasteiger partial charge in [-0.1, -0.05) is 62.2 Å². The highest BCUT2D eigenvalue weighted by Gasteiger charge is 2.64. The van der Waals surface area contributed by atoms with Gasteiger partial charge in [-0.05, 0) is 110 Å². The third-order valence-electron chi connectivity index (χ3n) is 14.6. The van der Waals surface area contributed by atoms with E-state index in [0.29, 0.717) is 53.6 Å². The number of aliphatic hydroxyl groups is 1. The molecule has 5 amide bonds. The van der Waals surface area contributed by atoms with Crippen LogP contribution in [0.4, 0.5) is 21.0 Å². The quantitative estimate of drug-likeness (QED) is 0.0453. The Bertz CT molecular complexity index is 2590. The number of fused-ring (bicyclic) bond motifs is 5. The molecule has 4 bridgehead atoms. The van der Waals surface area contributed by atoms with Gasteiger partial charge in [-0.3, -0.25) is 29.3 Å². The molecule has 2 aromatic rings. The number of ketones is 3. The number of Topliss-reactive ketones (excluding diaryl/α,β-unsaturated/α-hetero) is 3. The minimum Gasteiger partial charge on any atom is -0.495 e. The van der Waals surface area contributed by atoms with Gasteiger partial charge < -0.3 is 54.9 Å². The number of allylic oxidation sites excluding steroid dienone is 3. The van der Waals surface area contributed by atoms with Gasteiger partial charge in [0, 0.05) is 69.1 Å². The number of hydrogen-bond acceptors (Lipinski definition) is 14. The molecule has 2 saturated heterocycles. The van der Waals surface area contributed by atoms with Crippen LogP contribution in [0.2, 0.25) is 5.02 Å². The topological polar surface area (TPSA) is 272 Å². The van der Waals surface area contributed by atoms with Crippen LogP contribution in [0.5, 0.6) is 5.75 Å². The molecule has 77 heavy (non-hydrogen) atoms. The number of anilines is 2. The highest BCUT2D eigenvalue weighted by molar-refractivity contribution is 9.10. The van der Waals surface area contributed by atoms with Crippen LogP contribution in [-0.2, 0) is 60.6 Å². The van der Waals surface area contributed by atoms with Crippen molar-refractivity contribution in [1.82, 2.24) is 10.6 Å². The van der Waals surface area contributed by atoms with Crippen LogP contribution in [0, 0.1) is 17.8 Å². The average Bonchev–Trinajstić information content (AvgIpc) is 4.09. The number of nitrogens with one attached hydrogen (secondary N) is 3. The Kier molecular flexibility index (Phi) is 22.4. The van der Waals surface area contributed by atoms with Crippen LogP contribution in [0.25, 0.3) is 0 Å². The maximum atomic E-state index is 14.4. The number of nitrogens with two attached hydrogens (primary N) is 1. The van der Waals surface area contributed by atoms with Gasteiger partial charge in [-0.25, -0.2) is 9.59 Å². The number of urea groups is 1. The standard InChI is InChI=1S/C56H75BrClN5O14/c1-31(2)38(27-37(65)16-11-10-15-33(4)64)52(69)61-41(17-13-21-60-53(59)70)43(66)25-35-19-20-40(39(57)23-35)62-54(71)76-47-28-48(67)63(7)42-24-36(26-44(73-8)50(42)58)22-32(3)14-12-18-46(74-9)56(72)29-45(75-49(68)30-56)34(5)51-55(47,6)77-51/h12,14,18-20,23-24,26,31,34,38,41,45-47,51,72H,10-11,13,15-17,21-22,25,27-30H2,1-9H3,(H,61,69)(H,62,71)(H3,59,60,70)/b18-12+,32-14+/t34-,38+,41+,45+,46-,47+,51+,55+,56-/m1/s1. The van der Waals surface area contributed by atoms with E-state index in [1.54, 1.807) is 63.4 Å². The van der Waals surface area contributed by atoms with Crippen LogP contribution in [0.15, 0.2) is 58.6 Å². The number of amides is 5. The van der Waals surface area contributed by atoms with Crippen molar-refractivity contribution in [1.29, 1.82) is 0 Å². The van der Waals surface area contributed by atoms with Gasteiger partial charge in [-0.2, -0.15) is 0 Å². The first kappa shape index (κ1) is 62.2. The molecule has 19 nitrogen and oxygen atoms in total. The molecule has 0 aromatic heterocycles. The summed E-state index contributed by atoms with van der Waals surface area (Å²) < 4.78 is 30.0. The van der Waals surface area contributed by atoms with Crippen molar-refractivity contribution in [3.05, 3.63) is 74.8 Å². The average molecular weight is 1160 g/mol. The first-order valence-electron chi connectivity index (χ1n) is 26.0. The number of carbonyl (C=O) groups excluding carboxylic acids is 8. The fourth-order valence-electron chi connectivity index (χ4n) is 10.0. The lowest BCUT2D eigenvalue weighted by atomic mass is 9.78. The number of methoxy groups -OCH3 is 2. The summed E-state index contributed by atoms with van der Waals surface area (Å²) in [5.74, 6) is -3.15. The molecule has 21 heteroatoms. The van der Waals surface area contributed by atoms with Crippen molar-refractivity contribution in [3.8, 4) is 5.75 Å². The summed E-state index contributed by atoms with van der Waals surface area (Å²) in [6.45, 7) is 10.7. The summed E-state index contributed by atoms with van der Waals surface area (Å²) in [5, 5.41) is 20.3. The zero-order valence-corrected chi connectivity index (χ0v) is 47.8. The lowest BCUT2D eigenvalue weighted by Gasteiger charge is -2.41. The number of epoxide rings is 1. The minimum absolute atomic E-state index is 0.00473. The number of unbranched alkanes of at least 4 members (excludes halogenated alkanes) is 1. The van der Waals surface area contributed by atoms with Crippen molar-refractivity contribution in [2.45, 2.75) is 160 Å². The molecular formula is C56H75BrClN5O14. The molecule has 3 aliphatic heterocycles. The van der Waals surface area contributed by atoms with Crippen LogP contribution in [0.1, 0.15) is 117 Å². The molecule has 0 saturated carbocycles. The summed E-state index contributed by atoms with van der Waals surface area (Å²) >= 11 is 10.3. The third-order valence-corrected chi connectivity index (χ3v) is 15.6. The van der Waals surface area contributed by atoms with Crippen molar-refractivity contribution < 1.29 is 67.1 Å². The van der Waals surface area contributed by atoms with Gasteiger partial charge in [0.05, 0.1) is 43.5 Å². The smallest absolute Gasteiger partial charge is 0.412 e. The number of benzene rings is 2. The molecule has 0 radical (unpaired) electrons. The number of nitrogens with zero attached hydrogens (tertiary/aromatic N) is 1. The summed E-state index contributed by atoms with van der Waals surface area (Å²) in [6.07, 6.45) is 2.43. The number of primary amides is 1. The Morgan fingerprint density at radius 2 is 1.77 bits per heavy atom. The Labute approximate surface area is 464 Å². The van der Waals surface area contributed by atoms with Gasteiger partial charge in [-0.15, -0.1) is 0 Å². The maximum absolute atomic E-state index is 14.4. The second-order valence-electron chi connectivity index (χ2n) is 21.1. The predicted molar refractivity (Wildman–Crippen MR) is 293 cm³/mol. The summed E-state index contributed by atoms with van der Waals surface area (Å²) in [7, 11) is 4.47. The Morgan fingerprint density at radius 3 is 2.42 bits per heavy atom. The fourth-order valence-corrected chi connectivity index (χ4v) is 10.8. The van der Waals surface area contributed by atoms with Gasteiger partial charge in [0.25, 0.3) is 0 Å². The Morgan fingerprint density at radius 1 is 1.05 bits per heavy atom. The molecule has 3 heterocycles. The monoisotopic (exact) mass is 1160 g/mol.